The van der Waals surface area contributed by atoms with Gasteiger partial charge in [-0.3, -0.25) is 4.90 Å². The number of aliphatic imine (C=N–C) groups is 1. The van der Waals surface area contributed by atoms with Crippen molar-refractivity contribution in [2.45, 2.75) is 33.4 Å². The van der Waals surface area contributed by atoms with Gasteiger partial charge in [-0.2, -0.15) is 0 Å². The standard InChI is InChI=1S/C24H34N4O2/c1-17-11-18(2)15-28(14-17)16-20-8-6-5-7-19(20)13-26-24(25)27-21-9-10-22(29-3)23(12-21)30-4/h5-10,12,17-18H,11,13-16H2,1-4H3,(H3,25,26,27). The van der Waals surface area contributed by atoms with Crippen LogP contribution in [0.25, 0.3) is 0 Å². The van der Waals surface area contributed by atoms with E-state index in [0.717, 1.165) is 37.2 Å². The molecule has 1 fully saturated rings. The van der Waals surface area contributed by atoms with Gasteiger partial charge in [0, 0.05) is 31.4 Å². The molecule has 0 bridgehead atoms. The van der Waals surface area contributed by atoms with E-state index < -0.39 is 0 Å². The molecule has 1 saturated heterocycles. The third kappa shape index (κ3) is 5.89. The number of nitrogens with one attached hydrogen (secondary N) is 1. The zero-order chi connectivity index (χ0) is 21.5. The Labute approximate surface area is 180 Å². The van der Waals surface area contributed by atoms with Gasteiger partial charge in [-0.1, -0.05) is 38.1 Å². The highest BCUT2D eigenvalue weighted by Gasteiger charge is 2.22. The fourth-order valence-electron chi connectivity index (χ4n) is 4.30. The molecule has 162 valence electrons. The van der Waals surface area contributed by atoms with Gasteiger partial charge in [-0.05, 0) is 41.5 Å². The summed E-state index contributed by atoms with van der Waals surface area (Å²) in [7, 11) is 3.23. The Morgan fingerprint density at radius 3 is 2.37 bits per heavy atom. The van der Waals surface area contributed by atoms with Crippen molar-refractivity contribution >= 4 is 11.6 Å². The second-order valence-corrected chi connectivity index (χ2v) is 8.31. The molecule has 1 aliphatic rings. The molecule has 0 radical (unpaired) electrons. The highest BCUT2D eigenvalue weighted by molar-refractivity contribution is 5.92. The Morgan fingerprint density at radius 2 is 1.70 bits per heavy atom. The van der Waals surface area contributed by atoms with Gasteiger partial charge >= 0.3 is 0 Å². The lowest BCUT2D eigenvalue weighted by molar-refractivity contribution is 0.134. The minimum atomic E-state index is 0.372. The van der Waals surface area contributed by atoms with Crippen LogP contribution < -0.4 is 20.5 Å². The summed E-state index contributed by atoms with van der Waals surface area (Å²) in [4.78, 5) is 7.13. The molecular formula is C24H34N4O2. The van der Waals surface area contributed by atoms with Crippen LogP contribution in [0, 0.1) is 11.8 Å². The topological polar surface area (TPSA) is 72.1 Å². The number of benzene rings is 2. The van der Waals surface area contributed by atoms with Crippen molar-refractivity contribution in [2.24, 2.45) is 22.6 Å². The van der Waals surface area contributed by atoms with Crippen LogP contribution in [0.2, 0.25) is 0 Å². The molecule has 2 unspecified atom stereocenters. The SMILES string of the molecule is COc1ccc(NC(N)=NCc2ccccc2CN2CC(C)CC(C)C2)cc1OC. The van der Waals surface area contributed by atoms with Crippen molar-refractivity contribution in [3.63, 3.8) is 0 Å². The Morgan fingerprint density at radius 1 is 1.03 bits per heavy atom. The number of piperidine rings is 1. The average molecular weight is 411 g/mol. The number of guanidine groups is 1. The average Bonchev–Trinajstić information content (AvgIpc) is 2.72. The molecule has 0 spiro atoms. The van der Waals surface area contributed by atoms with Gasteiger partial charge in [0.25, 0.3) is 0 Å². The second kappa shape index (κ2) is 10.3. The van der Waals surface area contributed by atoms with Crippen molar-refractivity contribution in [1.29, 1.82) is 0 Å². The van der Waals surface area contributed by atoms with Crippen LogP contribution >= 0.6 is 0 Å². The van der Waals surface area contributed by atoms with Gasteiger partial charge in [-0.15, -0.1) is 0 Å². The van der Waals surface area contributed by atoms with Crippen LogP contribution in [0.1, 0.15) is 31.4 Å². The summed E-state index contributed by atoms with van der Waals surface area (Å²) in [6.07, 6.45) is 1.32. The first-order valence-electron chi connectivity index (χ1n) is 10.6. The van der Waals surface area contributed by atoms with Crippen LogP contribution in [-0.2, 0) is 13.1 Å². The molecule has 2 atom stereocenters. The summed E-state index contributed by atoms with van der Waals surface area (Å²) in [5.74, 6) is 3.19. The van der Waals surface area contributed by atoms with E-state index >= 15 is 0 Å². The number of rotatable bonds is 7. The predicted octanol–water partition coefficient (Wildman–Crippen LogP) is 4.11. The van der Waals surface area contributed by atoms with Gasteiger partial charge in [0.05, 0.1) is 20.8 Å². The first-order chi connectivity index (χ1) is 14.5. The molecule has 2 aromatic rings. The quantitative estimate of drug-likeness (QED) is 0.531. The second-order valence-electron chi connectivity index (χ2n) is 8.31. The summed E-state index contributed by atoms with van der Waals surface area (Å²) in [6.45, 7) is 8.51. The number of likely N-dealkylation sites (tertiary alicyclic amines) is 1. The maximum Gasteiger partial charge on any atom is 0.193 e. The summed E-state index contributed by atoms with van der Waals surface area (Å²) < 4.78 is 10.6. The van der Waals surface area contributed by atoms with E-state index in [1.54, 1.807) is 14.2 Å². The third-order valence-corrected chi connectivity index (χ3v) is 5.53. The van der Waals surface area contributed by atoms with Gasteiger partial charge in [-0.25, -0.2) is 4.99 Å². The van der Waals surface area contributed by atoms with Gasteiger partial charge in [0.15, 0.2) is 17.5 Å². The molecule has 0 aromatic heterocycles. The maximum atomic E-state index is 6.14. The van der Waals surface area contributed by atoms with Crippen LogP contribution in [0.4, 0.5) is 5.69 Å². The van der Waals surface area contributed by atoms with E-state index in [2.05, 4.69) is 53.3 Å². The van der Waals surface area contributed by atoms with E-state index in [1.165, 1.54) is 17.5 Å². The summed E-state index contributed by atoms with van der Waals surface area (Å²) >= 11 is 0. The Bertz CT molecular complexity index is 858. The first-order valence-corrected chi connectivity index (χ1v) is 10.6. The Kier molecular flexibility index (Phi) is 7.57. The van der Waals surface area contributed by atoms with Crippen molar-refractivity contribution in [1.82, 2.24) is 4.90 Å². The van der Waals surface area contributed by atoms with Crippen molar-refractivity contribution in [3.05, 3.63) is 53.6 Å². The molecule has 1 aliphatic heterocycles. The summed E-state index contributed by atoms with van der Waals surface area (Å²) in [6, 6.07) is 14.1. The van der Waals surface area contributed by atoms with E-state index in [-0.39, 0.29) is 0 Å². The monoisotopic (exact) mass is 410 g/mol. The molecule has 6 heteroatoms. The lowest BCUT2D eigenvalue weighted by atomic mass is 9.91. The first kappa shape index (κ1) is 22.0. The predicted molar refractivity (Wildman–Crippen MR) is 123 cm³/mol. The molecule has 0 amide bonds. The Balaban J connectivity index is 1.65. The molecule has 0 saturated carbocycles. The maximum absolute atomic E-state index is 6.14. The number of nitrogens with zero attached hydrogens (tertiary/aromatic N) is 2. The molecule has 0 aliphatic carbocycles. The van der Waals surface area contributed by atoms with E-state index in [1.807, 2.05) is 18.2 Å². The minimum Gasteiger partial charge on any atom is -0.493 e. The number of ether oxygens (including phenoxy) is 2. The zero-order valence-corrected chi connectivity index (χ0v) is 18.5. The lowest BCUT2D eigenvalue weighted by Crippen LogP contribution is -2.38. The largest absolute Gasteiger partial charge is 0.493 e. The number of anilines is 1. The molecule has 3 N–H and O–H groups in total. The van der Waals surface area contributed by atoms with Gasteiger partial charge < -0.3 is 20.5 Å². The van der Waals surface area contributed by atoms with Crippen molar-refractivity contribution < 1.29 is 9.47 Å². The highest BCUT2D eigenvalue weighted by Crippen LogP contribution is 2.29. The number of hydrogen-bond acceptors (Lipinski definition) is 4. The number of methoxy groups -OCH3 is 2. The van der Waals surface area contributed by atoms with Crippen molar-refractivity contribution in [2.75, 3.05) is 32.6 Å². The normalized spacial score (nSPS) is 20.1. The van der Waals surface area contributed by atoms with Crippen LogP contribution in [0.15, 0.2) is 47.5 Å². The fraction of sp³-hybridized carbons (Fsp3) is 0.458. The molecule has 6 nitrogen and oxygen atoms in total. The smallest absolute Gasteiger partial charge is 0.193 e. The Hall–Kier alpha value is -2.73. The molecule has 1 heterocycles. The van der Waals surface area contributed by atoms with Gasteiger partial charge in [0.1, 0.15) is 0 Å². The number of hydrogen-bond donors (Lipinski definition) is 2. The van der Waals surface area contributed by atoms with Crippen LogP contribution in [0.5, 0.6) is 11.5 Å². The van der Waals surface area contributed by atoms with Crippen molar-refractivity contribution in [3.8, 4) is 11.5 Å². The summed E-state index contributed by atoms with van der Waals surface area (Å²) in [5.41, 5.74) is 9.48. The molecule has 3 rings (SSSR count). The van der Waals surface area contributed by atoms with Crippen LogP contribution in [0.3, 0.4) is 0 Å². The summed E-state index contributed by atoms with van der Waals surface area (Å²) in [5, 5.41) is 3.13. The van der Waals surface area contributed by atoms with Crippen LogP contribution in [-0.4, -0.2) is 38.2 Å². The van der Waals surface area contributed by atoms with E-state index in [9.17, 15) is 0 Å². The van der Waals surface area contributed by atoms with E-state index in [0.29, 0.717) is 24.0 Å². The molecule has 2 aromatic carbocycles. The molecule has 30 heavy (non-hydrogen) atoms. The highest BCUT2D eigenvalue weighted by atomic mass is 16.5. The molecular weight excluding hydrogens is 376 g/mol. The van der Waals surface area contributed by atoms with E-state index in [4.69, 9.17) is 15.2 Å². The fourth-order valence-corrected chi connectivity index (χ4v) is 4.30. The lowest BCUT2D eigenvalue weighted by Gasteiger charge is -2.35. The minimum absolute atomic E-state index is 0.372. The number of nitrogens with two attached hydrogens (primary N) is 1. The third-order valence-electron chi connectivity index (χ3n) is 5.53. The zero-order valence-electron chi connectivity index (χ0n) is 18.5. The van der Waals surface area contributed by atoms with Gasteiger partial charge in [0.2, 0.25) is 0 Å².